The molecular weight excluding hydrogens is 989 g/mol. The first-order valence-corrected chi connectivity index (χ1v) is 28.2. The Bertz CT molecular complexity index is 2460. The minimum absolute atomic E-state index is 0.0148. The highest BCUT2D eigenvalue weighted by Crippen LogP contribution is 2.32. The predicted octanol–water partition coefficient (Wildman–Crippen LogP) is 4.11. The van der Waals surface area contributed by atoms with Gasteiger partial charge in [0.2, 0.25) is 23.6 Å². The Balaban J connectivity index is 0.000000228. The second-order valence-corrected chi connectivity index (χ2v) is 22.1. The Labute approximate surface area is 440 Å². The molecule has 4 fully saturated rings. The van der Waals surface area contributed by atoms with Crippen LogP contribution in [0, 0.1) is 18.8 Å². The number of carbonyl (C=O) groups excluding carboxylic acids is 6. The number of nitrogens with one attached hydrogen (secondary N) is 3. The molecule has 22 heteroatoms. The van der Waals surface area contributed by atoms with Gasteiger partial charge in [-0.15, -0.1) is 0 Å². The van der Waals surface area contributed by atoms with Gasteiger partial charge in [-0.1, -0.05) is 56.2 Å². The number of unbranched alkanes of at least 4 members (excludes halogenated alkanes) is 1. The van der Waals surface area contributed by atoms with Crippen molar-refractivity contribution in [3.8, 4) is 0 Å². The monoisotopic (exact) mass is 1060 g/mol. The number of rotatable bonds is 16. The number of fused-ring (bicyclic) bond motifs is 4. The standard InChI is InChI=1S/C30H42N4O8S.C23H34N4O5/c1-21-10-12-25(13-11-21)43(38,39)42-15-7-6-14-41-24-17-26(30(37)40-2)34(19-24)29(36)28(22-8-4-3-5-9-22)33-27(35)16-23-18-31-20-32-23;1-31-23(30)19-12-18-14-27(19)22(29)21(16-7-3-2-4-8-16)25-20(28)11-17-13-26(15-24-17)9-5-6-10-32-18/h10-13,18,20,22,24,26,28H,3-9,14-17,19H2,1-2H3,(H,31,32)(H,33,35);13,15-16,18-19,21H,2-12,14H2,1H3,(H,25,28)/t24-,26+,28+;18-,19+,21+/m11/s1. The Kier molecular flexibility index (Phi) is 21.2. The predicted molar refractivity (Wildman–Crippen MR) is 272 cm³/mol. The molecule has 2 saturated carbocycles. The highest BCUT2D eigenvalue weighted by atomic mass is 32.2. The molecule has 5 heterocycles. The molecule has 3 N–H and O–H groups in total. The van der Waals surface area contributed by atoms with Gasteiger partial charge in [0.05, 0.1) is 69.1 Å². The van der Waals surface area contributed by atoms with E-state index < -0.39 is 52.3 Å². The number of carbonyl (C=O) groups is 6. The van der Waals surface area contributed by atoms with Crippen LogP contribution in [0.3, 0.4) is 0 Å². The van der Waals surface area contributed by atoms with Crippen LogP contribution in [0.4, 0.5) is 0 Å². The van der Waals surface area contributed by atoms with Gasteiger partial charge >= 0.3 is 11.9 Å². The van der Waals surface area contributed by atoms with Crippen LogP contribution in [0.25, 0.3) is 0 Å². The molecule has 3 aromatic rings. The van der Waals surface area contributed by atoms with E-state index in [9.17, 15) is 37.2 Å². The molecule has 6 atom stereocenters. The van der Waals surface area contributed by atoms with Gasteiger partial charge in [-0.05, 0) is 82.3 Å². The van der Waals surface area contributed by atoms with Crippen molar-refractivity contribution in [2.75, 3.05) is 47.1 Å². The quantitative estimate of drug-likeness (QED) is 0.104. The maximum absolute atomic E-state index is 14.0. The van der Waals surface area contributed by atoms with E-state index in [1.807, 2.05) is 17.7 Å². The van der Waals surface area contributed by atoms with Crippen LogP contribution in [0.15, 0.2) is 54.2 Å². The fourth-order valence-electron chi connectivity index (χ4n) is 10.9. The number of H-pyrrole nitrogens is 1. The highest BCUT2D eigenvalue weighted by molar-refractivity contribution is 7.86. The smallest absolute Gasteiger partial charge is 0.328 e. The van der Waals surface area contributed by atoms with Crippen molar-refractivity contribution >= 4 is 45.7 Å². The van der Waals surface area contributed by atoms with Crippen molar-refractivity contribution in [1.29, 1.82) is 0 Å². The number of esters is 2. The molecule has 4 bridgehead atoms. The van der Waals surface area contributed by atoms with Gasteiger partial charge in [-0.3, -0.25) is 23.4 Å². The molecule has 75 heavy (non-hydrogen) atoms. The summed E-state index contributed by atoms with van der Waals surface area (Å²) >= 11 is 0. The van der Waals surface area contributed by atoms with Gasteiger partial charge in [0.25, 0.3) is 10.1 Å². The third-order valence-electron chi connectivity index (χ3n) is 15.0. The van der Waals surface area contributed by atoms with Crippen LogP contribution in [0.5, 0.6) is 0 Å². The van der Waals surface area contributed by atoms with Crippen molar-refractivity contribution < 1.29 is 60.3 Å². The van der Waals surface area contributed by atoms with E-state index in [2.05, 4.69) is 25.6 Å². The Hall–Kier alpha value is -5.71. The lowest BCUT2D eigenvalue weighted by Gasteiger charge is -2.34. The summed E-state index contributed by atoms with van der Waals surface area (Å²) in [7, 11) is -1.20. The van der Waals surface area contributed by atoms with Crippen molar-refractivity contribution in [2.45, 2.75) is 170 Å². The largest absolute Gasteiger partial charge is 0.467 e. The number of aromatic nitrogens is 4. The second-order valence-electron chi connectivity index (χ2n) is 20.4. The molecule has 1 aromatic carbocycles. The summed E-state index contributed by atoms with van der Waals surface area (Å²) in [5, 5.41) is 5.96. The zero-order valence-electron chi connectivity index (χ0n) is 43.7. The number of methoxy groups -OCH3 is 2. The molecule has 5 aliphatic rings. The molecular formula is C53H76N8O13S. The molecule has 8 rings (SSSR count). The minimum Gasteiger partial charge on any atom is -0.467 e. The molecule has 0 unspecified atom stereocenters. The zero-order valence-corrected chi connectivity index (χ0v) is 44.5. The van der Waals surface area contributed by atoms with Crippen LogP contribution in [0.2, 0.25) is 0 Å². The number of hydrogen-bond acceptors (Lipinski definition) is 15. The number of likely N-dealkylation sites (tertiary alicyclic amines) is 1. The summed E-state index contributed by atoms with van der Waals surface area (Å²) in [6, 6.07) is 3.57. The summed E-state index contributed by atoms with van der Waals surface area (Å²) in [6.45, 7) is 4.12. The van der Waals surface area contributed by atoms with Crippen molar-refractivity contribution in [2.24, 2.45) is 11.8 Å². The fraction of sp³-hybridized carbons (Fsp3) is 0.660. The lowest BCUT2D eigenvalue weighted by Crippen LogP contribution is -2.55. The van der Waals surface area contributed by atoms with E-state index in [4.69, 9.17) is 23.1 Å². The number of hydrogen-bond donors (Lipinski definition) is 3. The van der Waals surface area contributed by atoms with Crippen LogP contribution in [-0.2, 0) is 81.4 Å². The number of aryl methyl sites for hydroxylation is 2. The maximum atomic E-state index is 14.0. The summed E-state index contributed by atoms with van der Waals surface area (Å²) in [5.41, 5.74) is 2.29. The van der Waals surface area contributed by atoms with E-state index >= 15 is 0 Å². The number of ether oxygens (including phenoxy) is 4. The average molecular weight is 1070 g/mol. The lowest BCUT2D eigenvalue weighted by atomic mass is 9.83. The number of aromatic amines is 1. The van der Waals surface area contributed by atoms with Crippen LogP contribution in [-0.4, -0.2) is 157 Å². The lowest BCUT2D eigenvalue weighted by molar-refractivity contribution is -0.152. The zero-order chi connectivity index (χ0) is 53.3. The van der Waals surface area contributed by atoms with Crippen LogP contribution < -0.4 is 10.6 Å². The molecule has 3 aliphatic heterocycles. The molecule has 412 valence electrons. The molecule has 4 amide bonds. The highest BCUT2D eigenvalue weighted by Gasteiger charge is 2.46. The molecule has 2 aliphatic carbocycles. The number of benzene rings is 1. The topological polar surface area (TPSA) is 260 Å². The average Bonchev–Trinajstić information content (AvgIpc) is 4.27. The Morgan fingerprint density at radius 1 is 0.867 bits per heavy atom. The van der Waals surface area contributed by atoms with Gasteiger partial charge in [0.15, 0.2) is 0 Å². The summed E-state index contributed by atoms with van der Waals surface area (Å²) in [5.74, 6) is -1.93. The number of amides is 4. The summed E-state index contributed by atoms with van der Waals surface area (Å²) in [4.78, 5) is 93.1. The third kappa shape index (κ3) is 16.2. The molecule has 0 radical (unpaired) electrons. The molecule has 0 spiro atoms. The second kappa shape index (κ2) is 27.9. The van der Waals surface area contributed by atoms with Crippen molar-refractivity contribution in [3.63, 3.8) is 0 Å². The molecule has 2 aromatic heterocycles. The third-order valence-corrected chi connectivity index (χ3v) is 16.3. The molecule has 21 nitrogen and oxygen atoms in total. The van der Waals surface area contributed by atoms with Gasteiger partial charge in [0, 0.05) is 63.8 Å². The van der Waals surface area contributed by atoms with Crippen molar-refractivity contribution in [1.82, 2.24) is 40.0 Å². The van der Waals surface area contributed by atoms with Crippen molar-refractivity contribution in [3.05, 3.63) is 66.3 Å². The van der Waals surface area contributed by atoms with E-state index in [1.165, 1.54) is 37.6 Å². The minimum atomic E-state index is -3.83. The first kappa shape index (κ1) is 57.0. The maximum Gasteiger partial charge on any atom is 0.328 e. The Morgan fingerprint density at radius 3 is 2.28 bits per heavy atom. The van der Waals surface area contributed by atoms with Gasteiger partial charge in [-0.25, -0.2) is 19.6 Å². The first-order chi connectivity index (χ1) is 36.2. The fourth-order valence-corrected chi connectivity index (χ4v) is 11.9. The Morgan fingerprint density at radius 2 is 1.57 bits per heavy atom. The van der Waals surface area contributed by atoms with Crippen LogP contribution in [0.1, 0.15) is 120 Å². The number of imidazole rings is 2. The summed E-state index contributed by atoms with van der Waals surface area (Å²) in [6.07, 6.45) is 19.5. The van der Waals surface area contributed by atoms with Gasteiger partial charge in [0.1, 0.15) is 24.2 Å². The summed E-state index contributed by atoms with van der Waals surface area (Å²) < 4.78 is 53.9. The van der Waals surface area contributed by atoms with E-state index in [0.717, 1.165) is 89.2 Å². The van der Waals surface area contributed by atoms with Crippen LogP contribution >= 0.6 is 0 Å². The van der Waals surface area contributed by atoms with E-state index in [1.54, 1.807) is 29.6 Å². The number of nitrogens with zero attached hydrogens (tertiary/aromatic N) is 5. The van der Waals surface area contributed by atoms with E-state index in [-0.39, 0.29) is 78.9 Å². The van der Waals surface area contributed by atoms with Gasteiger partial charge < -0.3 is 48.9 Å². The molecule has 2 saturated heterocycles. The SMILES string of the molecule is COC(=O)[C@@H]1C[C@@H](OCCCCOS(=O)(=O)c2ccc(C)cc2)CN1C(=O)[C@@H](NC(=O)Cc1cnc[nH]1)C1CCCCC1.COC(=O)[C@@H]1C[C@@H]2CN1C(=O)[C@H](C1CCCCC1)NC(=O)Cc1cn(cn1)CCCCO2. The normalized spacial score (nSPS) is 23.6. The van der Waals surface area contributed by atoms with Gasteiger partial charge in [-0.2, -0.15) is 8.42 Å². The van der Waals surface area contributed by atoms with E-state index in [0.29, 0.717) is 50.4 Å². The first-order valence-electron chi connectivity index (χ1n) is 26.8.